The van der Waals surface area contributed by atoms with Crippen molar-refractivity contribution in [3.63, 3.8) is 0 Å². The molecule has 2 rings (SSSR count). The van der Waals surface area contributed by atoms with Crippen LogP contribution in [-0.2, 0) is 14.3 Å². The maximum Gasteiger partial charge on any atom is 0.329 e. The van der Waals surface area contributed by atoms with Crippen LogP contribution >= 0.6 is 23.2 Å². The number of ether oxygens (including phenoxy) is 1. The van der Waals surface area contributed by atoms with Crippen LogP contribution in [0.25, 0.3) is 0 Å². The van der Waals surface area contributed by atoms with Crippen LogP contribution < -0.4 is 10.6 Å². The smallest absolute Gasteiger partial charge is 0.329 e. The number of esters is 1. The summed E-state index contributed by atoms with van der Waals surface area (Å²) >= 11 is 12.0. The van der Waals surface area contributed by atoms with Gasteiger partial charge in [-0.15, -0.1) is 0 Å². The van der Waals surface area contributed by atoms with Crippen LogP contribution in [0.1, 0.15) is 24.4 Å². The molecule has 0 saturated carbocycles. The third-order valence-electron chi connectivity index (χ3n) is 3.32. The molecule has 1 heterocycles. The summed E-state index contributed by atoms with van der Waals surface area (Å²) in [5.74, 6) is -1.90. The van der Waals surface area contributed by atoms with Gasteiger partial charge in [0.15, 0.2) is 11.9 Å². The topological polar surface area (TPSA) is 97.6 Å². The second-order valence-corrected chi connectivity index (χ2v) is 6.15. The summed E-state index contributed by atoms with van der Waals surface area (Å²) in [5.41, 5.74) is 0.225. The molecule has 9 heteroatoms. The number of hydrogen-bond acceptors (Lipinski definition) is 5. The SMILES string of the molecule is C[C@H](NC(=O)c1ccco1)C(=O)O[C@@H](C)C(=O)Nc1c(Cl)cccc1Cl. The number of amides is 2. The summed E-state index contributed by atoms with van der Waals surface area (Å²) < 4.78 is 9.99. The van der Waals surface area contributed by atoms with Gasteiger partial charge < -0.3 is 19.8 Å². The lowest BCUT2D eigenvalue weighted by Gasteiger charge is -2.18. The molecule has 0 aliphatic heterocycles. The molecule has 7 nitrogen and oxygen atoms in total. The highest BCUT2D eigenvalue weighted by Gasteiger charge is 2.25. The lowest BCUT2D eigenvalue weighted by atomic mass is 10.2. The Labute approximate surface area is 159 Å². The number of carbonyl (C=O) groups is 3. The standard InChI is InChI=1S/C17H16Cl2N2O5/c1-9(20-16(23)13-7-4-8-25-13)17(24)26-10(2)15(22)21-14-11(18)5-3-6-12(14)19/h3-10H,1-2H3,(H,20,23)(H,21,22)/t9-,10-/m0/s1. The number of carbonyl (C=O) groups excluding carboxylic acids is 3. The number of hydrogen-bond donors (Lipinski definition) is 2. The van der Waals surface area contributed by atoms with Crippen LogP contribution in [0.2, 0.25) is 10.0 Å². The zero-order valence-corrected chi connectivity index (χ0v) is 15.4. The van der Waals surface area contributed by atoms with Crippen LogP contribution in [0.4, 0.5) is 5.69 Å². The van der Waals surface area contributed by atoms with E-state index in [9.17, 15) is 14.4 Å². The molecule has 2 aromatic rings. The summed E-state index contributed by atoms with van der Waals surface area (Å²) in [6.45, 7) is 2.82. The van der Waals surface area contributed by atoms with E-state index in [-0.39, 0.29) is 21.5 Å². The highest BCUT2D eigenvalue weighted by atomic mass is 35.5. The van der Waals surface area contributed by atoms with E-state index >= 15 is 0 Å². The maximum atomic E-state index is 12.2. The molecular formula is C17H16Cl2N2O5. The first-order chi connectivity index (χ1) is 12.3. The number of furan rings is 1. The number of benzene rings is 1. The number of nitrogens with one attached hydrogen (secondary N) is 2. The average Bonchev–Trinajstić information content (AvgIpc) is 3.12. The van der Waals surface area contributed by atoms with Gasteiger partial charge in [0.25, 0.3) is 11.8 Å². The molecule has 2 amide bonds. The van der Waals surface area contributed by atoms with Crippen molar-refractivity contribution in [3.8, 4) is 0 Å². The largest absolute Gasteiger partial charge is 0.459 e. The molecule has 0 unspecified atom stereocenters. The molecule has 0 bridgehead atoms. The van der Waals surface area contributed by atoms with Crippen molar-refractivity contribution >= 4 is 46.7 Å². The van der Waals surface area contributed by atoms with Gasteiger partial charge in [0.1, 0.15) is 6.04 Å². The Morgan fingerprint density at radius 2 is 1.73 bits per heavy atom. The Hall–Kier alpha value is -2.51. The van der Waals surface area contributed by atoms with Crippen LogP contribution in [0.15, 0.2) is 41.0 Å². The van der Waals surface area contributed by atoms with Crippen molar-refractivity contribution in [2.24, 2.45) is 0 Å². The number of rotatable bonds is 6. The maximum absolute atomic E-state index is 12.2. The van der Waals surface area contributed by atoms with Gasteiger partial charge in [-0.2, -0.15) is 0 Å². The van der Waals surface area contributed by atoms with E-state index in [4.69, 9.17) is 32.4 Å². The van der Waals surface area contributed by atoms with Gasteiger partial charge in [0.2, 0.25) is 0 Å². The summed E-state index contributed by atoms with van der Waals surface area (Å²) in [6, 6.07) is 6.78. The van der Waals surface area contributed by atoms with Crippen molar-refractivity contribution in [1.29, 1.82) is 0 Å². The summed E-state index contributed by atoms with van der Waals surface area (Å²) in [5, 5.41) is 5.42. The minimum atomic E-state index is -1.13. The van der Waals surface area contributed by atoms with E-state index in [2.05, 4.69) is 10.6 Å². The monoisotopic (exact) mass is 398 g/mol. The predicted molar refractivity (Wildman–Crippen MR) is 96.3 cm³/mol. The quantitative estimate of drug-likeness (QED) is 0.727. The third-order valence-corrected chi connectivity index (χ3v) is 3.95. The van der Waals surface area contributed by atoms with Gasteiger partial charge in [0.05, 0.1) is 22.0 Å². The zero-order chi connectivity index (χ0) is 19.3. The van der Waals surface area contributed by atoms with Gasteiger partial charge in [-0.05, 0) is 38.1 Å². The Morgan fingerprint density at radius 1 is 1.08 bits per heavy atom. The zero-order valence-electron chi connectivity index (χ0n) is 13.9. The second-order valence-electron chi connectivity index (χ2n) is 5.34. The normalized spacial score (nSPS) is 12.8. The minimum Gasteiger partial charge on any atom is -0.459 e. The van der Waals surface area contributed by atoms with Gasteiger partial charge in [-0.1, -0.05) is 29.3 Å². The van der Waals surface area contributed by atoms with Crippen molar-refractivity contribution < 1.29 is 23.5 Å². The summed E-state index contributed by atoms with van der Waals surface area (Å²) in [6.07, 6.45) is 0.210. The molecule has 0 aliphatic carbocycles. The van der Waals surface area contributed by atoms with Crippen molar-refractivity contribution in [2.45, 2.75) is 26.0 Å². The highest BCUT2D eigenvalue weighted by Crippen LogP contribution is 2.29. The summed E-state index contributed by atoms with van der Waals surface area (Å²) in [4.78, 5) is 36.1. The fraction of sp³-hybridized carbons (Fsp3) is 0.235. The number of halogens is 2. The second kappa shape index (κ2) is 8.73. The van der Waals surface area contributed by atoms with E-state index in [0.717, 1.165) is 0 Å². The first-order valence-corrected chi connectivity index (χ1v) is 8.35. The fourth-order valence-corrected chi connectivity index (χ4v) is 2.40. The molecule has 0 fully saturated rings. The van der Waals surface area contributed by atoms with Gasteiger partial charge in [-0.25, -0.2) is 4.79 Å². The Kier molecular flexibility index (Phi) is 6.65. The van der Waals surface area contributed by atoms with Crippen LogP contribution in [0.5, 0.6) is 0 Å². The van der Waals surface area contributed by atoms with Crippen LogP contribution in [-0.4, -0.2) is 29.9 Å². The van der Waals surface area contributed by atoms with Crippen molar-refractivity contribution in [1.82, 2.24) is 5.32 Å². The van der Waals surface area contributed by atoms with Crippen LogP contribution in [0.3, 0.4) is 0 Å². The molecule has 26 heavy (non-hydrogen) atoms. The fourth-order valence-electron chi connectivity index (χ4n) is 1.91. The molecule has 0 spiro atoms. The van der Waals surface area contributed by atoms with Gasteiger partial charge in [-0.3, -0.25) is 9.59 Å². The Morgan fingerprint density at radius 3 is 2.31 bits per heavy atom. The van der Waals surface area contributed by atoms with Crippen molar-refractivity contribution in [3.05, 3.63) is 52.4 Å². The molecular weight excluding hydrogens is 383 g/mol. The lowest BCUT2D eigenvalue weighted by Crippen LogP contribution is -2.42. The first kappa shape index (κ1) is 19.8. The van der Waals surface area contributed by atoms with E-state index < -0.39 is 29.9 Å². The van der Waals surface area contributed by atoms with Crippen molar-refractivity contribution in [2.75, 3.05) is 5.32 Å². The Bertz CT molecular complexity index is 787. The number of para-hydroxylation sites is 1. The molecule has 0 saturated heterocycles. The Balaban J connectivity index is 1.91. The predicted octanol–water partition coefficient (Wildman–Crippen LogP) is 3.28. The van der Waals surface area contributed by atoms with Gasteiger partial charge in [0, 0.05) is 0 Å². The molecule has 1 aromatic heterocycles. The van der Waals surface area contributed by atoms with Crippen LogP contribution in [0, 0.1) is 0 Å². The molecule has 2 atom stereocenters. The first-order valence-electron chi connectivity index (χ1n) is 7.59. The molecule has 2 N–H and O–H groups in total. The lowest BCUT2D eigenvalue weighted by molar-refractivity contribution is -0.154. The minimum absolute atomic E-state index is 0.0591. The molecule has 138 valence electrons. The summed E-state index contributed by atoms with van der Waals surface area (Å²) in [7, 11) is 0. The van der Waals surface area contributed by atoms with E-state index in [1.807, 2.05) is 0 Å². The molecule has 0 aliphatic rings. The highest BCUT2D eigenvalue weighted by molar-refractivity contribution is 6.39. The number of anilines is 1. The molecule has 0 radical (unpaired) electrons. The van der Waals surface area contributed by atoms with E-state index in [1.165, 1.54) is 26.2 Å². The average molecular weight is 399 g/mol. The molecule has 1 aromatic carbocycles. The van der Waals surface area contributed by atoms with E-state index in [1.54, 1.807) is 24.3 Å². The van der Waals surface area contributed by atoms with E-state index in [0.29, 0.717) is 0 Å². The third kappa shape index (κ3) is 5.00. The van der Waals surface area contributed by atoms with Gasteiger partial charge >= 0.3 is 5.97 Å².